The molecule has 0 atom stereocenters. The number of ether oxygens (including phenoxy) is 1. The minimum Gasteiger partial charge on any atom is -0.380 e. The summed E-state index contributed by atoms with van der Waals surface area (Å²) in [7, 11) is 0. The molecule has 80 valence electrons. The summed E-state index contributed by atoms with van der Waals surface area (Å²) in [4.78, 5) is 17.8. The minimum absolute atomic E-state index is 0.00102. The summed E-state index contributed by atoms with van der Waals surface area (Å²) in [5, 5.41) is 0. The largest absolute Gasteiger partial charge is 0.380 e. The number of amides is 1. The van der Waals surface area contributed by atoms with Crippen molar-refractivity contribution in [2.24, 2.45) is 0 Å². The van der Waals surface area contributed by atoms with E-state index >= 15 is 0 Å². The molecule has 1 fully saturated rings. The first-order valence-electron chi connectivity index (χ1n) is 5.16. The number of rotatable bonds is 1. The molecule has 1 aromatic rings. The van der Waals surface area contributed by atoms with E-state index in [-0.39, 0.29) is 5.91 Å². The van der Waals surface area contributed by atoms with Gasteiger partial charge in [-0.3, -0.25) is 9.78 Å². The zero-order valence-electron chi connectivity index (χ0n) is 8.56. The number of carbonyl (C=O) groups is 1. The summed E-state index contributed by atoms with van der Waals surface area (Å²) in [5.74, 6) is 0.00102. The zero-order chi connectivity index (χ0) is 10.5. The van der Waals surface area contributed by atoms with Crippen LogP contribution in [0.15, 0.2) is 24.4 Å². The van der Waals surface area contributed by atoms with Crippen molar-refractivity contribution in [3.8, 4) is 0 Å². The molecule has 4 nitrogen and oxygen atoms in total. The van der Waals surface area contributed by atoms with Crippen LogP contribution in [0.1, 0.15) is 16.9 Å². The average molecular weight is 206 g/mol. The first-order valence-corrected chi connectivity index (χ1v) is 5.16. The van der Waals surface area contributed by atoms with Crippen LogP contribution in [0.25, 0.3) is 0 Å². The molecule has 4 heteroatoms. The van der Waals surface area contributed by atoms with Crippen molar-refractivity contribution >= 4 is 5.91 Å². The highest BCUT2D eigenvalue weighted by Gasteiger charge is 2.17. The van der Waals surface area contributed by atoms with E-state index in [1.165, 1.54) is 0 Å². The predicted octanol–water partition coefficient (Wildman–Crippen LogP) is 0.944. The maximum atomic E-state index is 12.0. The van der Waals surface area contributed by atoms with Gasteiger partial charge in [-0.25, -0.2) is 0 Å². The molecule has 0 aromatic carbocycles. The van der Waals surface area contributed by atoms with Gasteiger partial charge < -0.3 is 9.64 Å². The monoisotopic (exact) mass is 206 g/mol. The van der Waals surface area contributed by atoms with Crippen LogP contribution in [0.3, 0.4) is 0 Å². The van der Waals surface area contributed by atoms with Gasteiger partial charge in [0.15, 0.2) is 0 Å². The Balaban J connectivity index is 2.06. The molecular formula is C11H14N2O2. The molecule has 1 saturated heterocycles. The van der Waals surface area contributed by atoms with Gasteiger partial charge in [0.2, 0.25) is 0 Å². The second kappa shape index (κ2) is 4.89. The fourth-order valence-electron chi connectivity index (χ4n) is 1.60. The Morgan fingerprint density at radius 1 is 1.33 bits per heavy atom. The van der Waals surface area contributed by atoms with Gasteiger partial charge in [-0.1, -0.05) is 6.07 Å². The maximum Gasteiger partial charge on any atom is 0.272 e. The number of aromatic nitrogens is 1. The lowest BCUT2D eigenvalue weighted by Crippen LogP contribution is -2.33. The standard InChI is InChI=1S/C11H14N2O2/c14-11(10-4-1-2-5-12-10)13-6-3-8-15-9-7-13/h1-2,4-5H,3,6-9H2. The highest BCUT2D eigenvalue weighted by Crippen LogP contribution is 2.05. The van der Waals surface area contributed by atoms with E-state index in [0.29, 0.717) is 18.8 Å². The topological polar surface area (TPSA) is 42.4 Å². The molecule has 1 aliphatic rings. The Kier molecular flexibility index (Phi) is 3.29. The van der Waals surface area contributed by atoms with E-state index < -0.39 is 0 Å². The third-order valence-electron chi connectivity index (χ3n) is 2.39. The van der Waals surface area contributed by atoms with E-state index in [1.807, 2.05) is 12.1 Å². The van der Waals surface area contributed by atoms with Crippen LogP contribution in [0.5, 0.6) is 0 Å². The Bertz CT molecular complexity index is 319. The van der Waals surface area contributed by atoms with Crippen LogP contribution in [-0.4, -0.2) is 42.1 Å². The van der Waals surface area contributed by atoms with E-state index in [4.69, 9.17) is 4.74 Å². The average Bonchev–Trinajstić information content (AvgIpc) is 2.58. The van der Waals surface area contributed by atoms with Crippen LogP contribution in [0, 0.1) is 0 Å². The molecule has 15 heavy (non-hydrogen) atoms. The molecule has 0 bridgehead atoms. The predicted molar refractivity (Wildman–Crippen MR) is 55.6 cm³/mol. The molecule has 0 radical (unpaired) electrons. The fourth-order valence-corrected chi connectivity index (χ4v) is 1.60. The SMILES string of the molecule is O=C(c1ccccn1)N1CCCOCC1. The quantitative estimate of drug-likeness (QED) is 0.687. The van der Waals surface area contributed by atoms with Crippen molar-refractivity contribution in [2.45, 2.75) is 6.42 Å². The summed E-state index contributed by atoms with van der Waals surface area (Å²) < 4.78 is 5.30. The number of carbonyl (C=O) groups excluding carboxylic acids is 1. The Hall–Kier alpha value is -1.42. The van der Waals surface area contributed by atoms with Gasteiger partial charge in [-0.2, -0.15) is 0 Å². The smallest absolute Gasteiger partial charge is 0.272 e. The van der Waals surface area contributed by atoms with Gasteiger partial charge in [-0.15, -0.1) is 0 Å². The normalized spacial score (nSPS) is 17.2. The lowest BCUT2D eigenvalue weighted by atomic mass is 10.3. The molecular weight excluding hydrogens is 192 g/mol. The maximum absolute atomic E-state index is 12.0. The van der Waals surface area contributed by atoms with E-state index in [1.54, 1.807) is 17.2 Å². The highest BCUT2D eigenvalue weighted by atomic mass is 16.5. The third-order valence-corrected chi connectivity index (χ3v) is 2.39. The molecule has 1 amide bonds. The molecule has 0 unspecified atom stereocenters. The van der Waals surface area contributed by atoms with Crippen LogP contribution in [0.2, 0.25) is 0 Å². The first-order chi connectivity index (χ1) is 7.38. The van der Waals surface area contributed by atoms with Crippen LogP contribution in [-0.2, 0) is 4.74 Å². The Morgan fingerprint density at radius 3 is 3.07 bits per heavy atom. The number of hydrogen-bond acceptors (Lipinski definition) is 3. The van der Waals surface area contributed by atoms with Gasteiger partial charge >= 0.3 is 0 Å². The van der Waals surface area contributed by atoms with E-state index in [9.17, 15) is 4.79 Å². The van der Waals surface area contributed by atoms with Gasteiger partial charge in [0.05, 0.1) is 6.61 Å². The molecule has 2 rings (SSSR count). The van der Waals surface area contributed by atoms with Gasteiger partial charge in [0.25, 0.3) is 5.91 Å². The molecule has 2 heterocycles. The Morgan fingerprint density at radius 2 is 2.27 bits per heavy atom. The van der Waals surface area contributed by atoms with Crippen molar-refractivity contribution in [1.29, 1.82) is 0 Å². The lowest BCUT2D eigenvalue weighted by Gasteiger charge is -2.18. The summed E-state index contributed by atoms with van der Waals surface area (Å²) in [6, 6.07) is 5.38. The number of nitrogens with zero attached hydrogens (tertiary/aromatic N) is 2. The van der Waals surface area contributed by atoms with Crippen molar-refractivity contribution < 1.29 is 9.53 Å². The molecule has 0 saturated carbocycles. The minimum atomic E-state index is 0.00102. The van der Waals surface area contributed by atoms with Crippen molar-refractivity contribution in [1.82, 2.24) is 9.88 Å². The summed E-state index contributed by atoms with van der Waals surface area (Å²) in [6.07, 6.45) is 2.54. The van der Waals surface area contributed by atoms with Crippen LogP contribution >= 0.6 is 0 Å². The Labute approximate surface area is 88.9 Å². The molecule has 1 aliphatic heterocycles. The molecule has 0 aliphatic carbocycles. The highest BCUT2D eigenvalue weighted by molar-refractivity contribution is 5.92. The third kappa shape index (κ3) is 2.53. The lowest BCUT2D eigenvalue weighted by molar-refractivity contribution is 0.0735. The van der Waals surface area contributed by atoms with Crippen molar-refractivity contribution in [2.75, 3.05) is 26.3 Å². The van der Waals surface area contributed by atoms with E-state index in [2.05, 4.69) is 4.98 Å². The molecule has 0 N–H and O–H groups in total. The van der Waals surface area contributed by atoms with Crippen molar-refractivity contribution in [3.05, 3.63) is 30.1 Å². The molecule has 0 spiro atoms. The molecule has 1 aromatic heterocycles. The second-order valence-electron chi connectivity index (χ2n) is 3.47. The second-order valence-corrected chi connectivity index (χ2v) is 3.47. The van der Waals surface area contributed by atoms with Crippen LogP contribution in [0.4, 0.5) is 0 Å². The first kappa shape index (κ1) is 10.1. The summed E-state index contributed by atoms with van der Waals surface area (Å²) >= 11 is 0. The van der Waals surface area contributed by atoms with Gasteiger partial charge in [0.1, 0.15) is 5.69 Å². The van der Waals surface area contributed by atoms with Gasteiger partial charge in [0, 0.05) is 25.9 Å². The van der Waals surface area contributed by atoms with Gasteiger partial charge in [-0.05, 0) is 18.6 Å². The summed E-state index contributed by atoms with van der Waals surface area (Å²) in [6.45, 7) is 2.79. The number of hydrogen-bond donors (Lipinski definition) is 0. The zero-order valence-corrected chi connectivity index (χ0v) is 8.56. The summed E-state index contributed by atoms with van der Waals surface area (Å²) in [5.41, 5.74) is 0.513. The van der Waals surface area contributed by atoms with Crippen molar-refractivity contribution in [3.63, 3.8) is 0 Å². The van der Waals surface area contributed by atoms with Crippen LogP contribution < -0.4 is 0 Å². The van der Waals surface area contributed by atoms with E-state index in [0.717, 1.165) is 19.6 Å². The number of pyridine rings is 1. The fraction of sp³-hybridized carbons (Fsp3) is 0.455.